The Hall–Kier alpha value is -0.380. The van der Waals surface area contributed by atoms with Crippen LogP contribution in [0.3, 0.4) is 0 Å². The van der Waals surface area contributed by atoms with Crippen LogP contribution in [0, 0.1) is 0 Å². The Bertz CT molecular complexity index is 83.4. The highest BCUT2D eigenvalue weighted by molar-refractivity contribution is 4.64. The molecule has 11 heavy (non-hydrogen) atoms. The summed E-state index contributed by atoms with van der Waals surface area (Å²) in [4.78, 5) is 0. The molecule has 0 radical (unpaired) electrons. The van der Waals surface area contributed by atoms with Crippen molar-refractivity contribution in [2.75, 3.05) is 33.0 Å². The third kappa shape index (κ3) is 9.62. The third-order valence-electron chi connectivity index (χ3n) is 1.07. The van der Waals surface area contributed by atoms with Crippen molar-refractivity contribution in [1.29, 1.82) is 0 Å². The normalized spacial score (nSPS) is 9.91. The number of aliphatic hydroxyl groups is 1. The van der Waals surface area contributed by atoms with E-state index in [1.807, 2.05) is 6.08 Å². The summed E-state index contributed by atoms with van der Waals surface area (Å²) >= 11 is 0. The molecule has 0 saturated heterocycles. The van der Waals surface area contributed by atoms with Crippen LogP contribution in [0.1, 0.15) is 6.42 Å². The average Bonchev–Trinajstić information content (AvgIpc) is 2.03. The van der Waals surface area contributed by atoms with Gasteiger partial charge in [0.25, 0.3) is 0 Å². The lowest BCUT2D eigenvalue weighted by Crippen LogP contribution is -2.07. The maximum atomic E-state index is 8.33. The van der Waals surface area contributed by atoms with Gasteiger partial charge in [0.1, 0.15) is 0 Å². The summed E-state index contributed by atoms with van der Waals surface area (Å²) in [6.07, 6.45) is 2.69. The smallest absolute Gasteiger partial charge is 0.0701 e. The second-order valence-electron chi connectivity index (χ2n) is 2.03. The number of aliphatic hydroxyl groups excluding tert-OH is 1. The van der Waals surface area contributed by atoms with Crippen molar-refractivity contribution in [3.8, 4) is 0 Å². The Morgan fingerprint density at radius 2 is 1.73 bits per heavy atom. The van der Waals surface area contributed by atoms with Crippen molar-refractivity contribution in [1.82, 2.24) is 0 Å². The van der Waals surface area contributed by atoms with Crippen LogP contribution in [0.5, 0.6) is 0 Å². The first-order valence-corrected chi connectivity index (χ1v) is 3.79. The Labute approximate surface area is 67.6 Å². The Balaban J connectivity index is 2.74. The van der Waals surface area contributed by atoms with E-state index >= 15 is 0 Å². The summed E-state index contributed by atoms with van der Waals surface area (Å²) in [5.74, 6) is 0. The van der Waals surface area contributed by atoms with Crippen molar-refractivity contribution in [2.24, 2.45) is 0 Å². The van der Waals surface area contributed by atoms with E-state index in [2.05, 4.69) is 6.58 Å². The zero-order valence-electron chi connectivity index (χ0n) is 6.79. The fraction of sp³-hybridized carbons (Fsp3) is 0.750. The van der Waals surface area contributed by atoms with E-state index in [1.165, 1.54) is 0 Å². The second-order valence-corrected chi connectivity index (χ2v) is 2.03. The molecule has 0 saturated carbocycles. The predicted molar refractivity (Wildman–Crippen MR) is 43.5 cm³/mol. The lowest BCUT2D eigenvalue weighted by molar-refractivity contribution is 0.0345. The summed E-state index contributed by atoms with van der Waals surface area (Å²) < 4.78 is 10.1. The summed E-state index contributed by atoms with van der Waals surface area (Å²) in [5, 5.41) is 8.33. The minimum Gasteiger partial charge on any atom is -0.394 e. The maximum Gasteiger partial charge on any atom is 0.0701 e. The van der Waals surface area contributed by atoms with Crippen molar-refractivity contribution in [3.05, 3.63) is 12.7 Å². The SMILES string of the molecule is C=CCCOCCOCCO. The largest absolute Gasteiger partial charge is 0.394 e. The summed E-state index contributed by atoms with van der Waals surface area (Å²) in [6.45, 7) is 5.88. The topological polar surface area (TPSA) is 38.7 Å². The van der Waals surface area contributed by atoms with E-state index in [1.54, 1.807) is 0 Å². The van der Waals surface area contributed by atoms with Crippen LogP contribution in [0.4, 0.5) is 0 Å². The quantitative estimate of drug-likeness (QED) is 0.417. The van der Waals surface area contributed by atoms with Crippen LogP contribution < -0.4 is 0 Å². The molecule has 0 spiro atoms. The molecular formula is C8H16O3. The highest BCUT2D eigenvalue weighted by atomic mass is 16.5. The molecule has 3 heteroatoms. The molecule has 0 rings (SSSR count). The third-order valence-corrected chi connectivity index (χ3v) is 1.07. The number of hydrogen-bond donors (Lipinski definition) is 1. The second kappa shape index (κ2) is 9.62. The first-order valence-electron chi connectivity index (χ1n) is 3.79. The summed E-state index contributed by atoms with van der Waals surface area (Å²) in [6, 6.07) is 0. The summed E-state index contributed by atoms with van der Waals surface area (Å²) in [7, 11) is 0. The van der Waals surface area contributed by atoms with Crippen LogP contribution in [0.15, 0.2) is 12.7 Å². The first kappa shape index (κ1) is 10.6. The minimum atomic E-state index is 0.0760. The average molecular weight is 160 g/mol. The molecule has 0 aromatic carbocycles. The number of ether oxygens (including phenoxy) is 2. The lowest BCUT2D eigenvalue weighted by atomic mass is 10.5. The van der Waals surface area contributed by atoms with Crippen LogP contribution in [0.25, 0.3) is 0 Å². The zero-order valence-corrected chi connectivity index (χ0v) is 6.79. The van der Waals surface area contributed by atoms with Gasteiger partial charge in [0.2, 0.25) is 0 Å². The standard InChI is InChI=1S/C8H16O3/c1-2-3-5-10-7-8-11-6-4-9/h2,9H,1,3-8H2. The van der Waals surface area contributed by atoms with E-state index in [0.29, 0.717) is 26.4 Å². The highest BCUT2D eigenvalue weighted by Gasteiger charge is 1.86. The van der Waals surface area contributed by atoms with Crippen LogP contribution >= 0.6 is 0 Å². The van der Waals surface area contributed by atoms with Crippen LogP contribution in [0.2, 0.25) is 0 Å². The first-order chi connectivity index (χ1) is 5.41. The van der Waals surface area contributed by atoms with E-state index < -0.39 is 0 Å². The molecule has 0 amide bonds. The maximum absolute atomic E-state index is 8.33. The fourth-order valence-corrected chi connectivity index (χ4v) is 0.553. The monoisotopic (exact) mass is 160 g/mol. The van der Waals surface area contributed by atoms with Gasteiger partial charge < -0.3 is 14.6 Å². The molecule has 0 heterocycles. The number of rotatable bonds is 8. The predicted octanol–water partition coefficient (Wildman–Crippen LogP) is 0.588. The molecule has 0 aliphatic carbocycles. The molecule has 0 atom stereocenters. The van der Waals surface area contributed by atoms with Crippen LogP contribution in [-0.2, 0) is 9.47 Å². The molecule has 3 nitrogen and oxygen atoms in total. The van der Waals surface area contributed by atoms with Crippen molar-refractivity contribution < 1.29 is 14.6 Å². The van der Waals surface area contributed by atoms with E-state index in [0.717, 1.165) is 6.42 Å². The summed E-state index contributed by atoms with van der Waals surface area (Å²) in [5.41, 5.74) is 0. The molecule has 1 N–H and O–H groups in total. The van der Waals surface area contributed by atoms with Gasteiger partial charge in [-0.25, -0.2) is 0 Å². The molecule has 0 aliphatic heterocycles. The van der Waals surface area contributed by atoms with E-state index in [-0.39, 0.29) is 6.61 Å². The Kier molecular flexibility index (Phi) is 9.29. The molecule has 0 fully saturated rings. The zero-order chi connectivity index (χ0) is 8.36. The number of hydrogen-bond acceptors (Lipinski definition) is 3. The van der Waals surface area contributed by atoms with Gasteiger partial charge in [-0.1, -0.05) is 6.08 Å². The molecule has 66 valence electrons. The van der Waals surface area contributed by atoms with Gasteiger partial charge in [-0.2, -0.15) is 0 Å². The van der Waals surface area contributed by atoms with E-state index in [9.17, 15) is 0 Å². The van der Waals surface area contributed by atoms with Gasteiger partial charge in [-0.15, -0.1) is 6.58 Å². The molecule has 0 aromatic rings. The molecule has 0 bridgehead atoms. The van der Waals surface area contributed by atoms with Gasteiger partial charge in [-0.05, 0) is 6.42 Å². The van der Waals surface area contributed by atoms with E-state index in [4.69, 9.17) is 14.6 Å². The van der Waals surface area contributed by atoms with Gasteiger partial charge in [0.05, 0.1) is 33.0 Å². The van der Waals surface area contributed by atoms with Crippen molar-refractivity contribution in [3.63, 3.8) is 0 Å². The molecule has 0 aromatic heterocycles. The highest BCUT2D eigenvalue weighted by Crippen LogP contribution is 1.83. The van der Waals surface area contributed by atoms with Gasteiger partial charge >= 0.3 is 0 Å². The minimum absolute atomic E-state index is 0.0760. The lowest BCUT2D eigenvalue weighted by Gasteiger charge is -2.02. The Morgan fingerprint density at radius 3 is 2.27 bits per heavy atom. The van der Waals surface area contributed by atoms with Crippen LogP contribution in [-0.4, -0.2) is 38.1 Å². The molecular weight excluding hydrogens is 144 g/mol. The van der Waals surface area contributed by atoms with Gasteiger partial charge in [-0.3, -0.25) is 0 Å². The van der Waals surface area contributed by atoms with Crippen molar-refractivity contribution in [2.45, 2.75) is 6.42 Å². The molecule has 0 unspecified atom stereocenters. The fourth-order valence-electron chi connectivity index (χ4n) is 0.553. The van der Waals surface area contributed by atoms with Gasteiger partial charge in [0.15, 0.2) is 0 Å². The Morgan fingerprint density at radius 1 is 1.09 bits per heavy atom. The van der Waals surface area contributed by atoms with Crippen molar-refractivity contribution >= 4 is 0 Å². The molecule has 0 aliphatic rings. The van der Waals surface area contributed by atoms with Gasteiger partial charge in [0, 0.05) is 0 Å².